The standard InChI is InChI=1S/C8H14N2O3/c1-13-8(12)6-10-4-2-3-9-7(11)5-10/h2-6H2,1H3,(H,9,11). The predicted molar refractivity (Wildman–Crippen MR) is 46.1 cm³/mol. The molecule has 1 aliphatic heterocycles. The molecule has 1 heterocycles. The van der Waals surface area contributed by atoms with Gasteiger partial charge >= 0.3 is 5.97 Å². The number of ether oxygens (including phenoxy) is 1. The van der Waals surface area contributed by atoms with Crippen molar-refractivity contribution >= 4 is 11.9 Å². The average Bonchev–Trinajstić information content (AvgIpc) is 2.30. The lowest BCUT2D eigenvalue weighted by molar-refractivity contribution is -0.142. The smallest absolute Gasteiger partial charge is 0.319 e. The van der Waals surface area contributed by atoms with E-state index in [0.717, 1.165) is 13.0 Å². The van der Waals surface area contributed by atoms with Crippen LogP contribution < -0.4 is 5.32 Å². The van der Waals surface area contributed by atoms with Crippen molar-refractivity contribution in [2.45, 2.75) is 6.42 Å². The Morgan fingerprint density at radius 3 is 3.15 bits per heavy atom. The van der Waals surface area contributed by atoms with E-state index in [4.69, 9.17) is 0 Å². The summed E-state index contributed by atoms with van der Waals surface area (Å²) in [6, 6.07) is 0. The van der Waals surface area contributed by atoms with E-state index in [-0.39, 0.29) is 25.0 Å². The van der Waals surface area contributed by atoms with Crippen LogP contribution in [0.2, 0.25) is 0 Å². The fourth-order valence-electron chi connectivity index (χ4n) is 1.25. The molecule has 0 spiro atoms. The molecule has 1 aliphatic rings. The second kappa shape index (κ2) is 4.81. The molecule has 0 aromatic heterocycles. The third kappa shape index (κ3) is 3.42. The van der Waals surface area contributed by atoms with Crippen LogP contribution in [0.4, 0.5) is 0 Å². The number of carbonyl (C=O) groups is 2. The first-order valence-electron chi connectivity index (χ1n) is 4.28. The van der Waals surface area contributed by atoms with Crippen molar-refractivity contribution in [1.82, 2.24) is 10.2 Å². The van der Waals surface area contributed by atoms with Crippen molar-refractivity contribution in [2.24, 2.45) is 0 Å². The summed E-state index contributed by atoms with van der Waals surface area (Å²) in [7, 11) is 1.35. The van der Waals surface area contributed by atoms with Gasteiger partial charge < -0.3 is 10.1 Å². The summed E-state index contributed by atoms with van der Waals surface area (Å²) in [5.41, 5.74) is 0. The van der Waals surface area contributed by atoms with Crippen LogP contribution in [0.1, 0.15) is 6.42 Å². The van der Waals surface area contributed by atoms with E-state index in [0.29, 0.717) is 6.54 Å². The SMILES string of the molecule is COC(=O)CN1CCCNC(=O)C1. The minimum atomic E-state index is -0.297. The number of hydrogen-bond acceptors (Lipinski definition) is 4. The molecule has 0 atom stereocenters. The number of carbonyl (C=O) groups excluding carboxylic acids is 2. The van der Waals surface area contributed by atoms with E-state index in [1.807, 2.05) is 0 Å². The maximum absolute atomic E-state index is 11.1. The van der Waals surface area contributed by atoms with Gasteiger partial charge in [0.1, 0.15) is 0 Å². The largest absolute Gasteiger partial charge is 0.468 e. The number of nitrogens with zero attached hydrogens (tertiary/aromatic N) is 1. The second-order valence-corrected chi connectivity index (χ2v) is 2.99. The number of nitrogens with one attached hydrogen (secondary N) is 1. The van der Waals surface area contributed by atoms with Crippen LogP contribution in [0.3, 0.4) is 0 Å². The summed E-state index contributed by atoms with van der Waals surface area (Å²) in [4.78, 5) is 23.7. The zero-order valence-electron chi connectivity index (χ0n) is 7.71. The highest BCUT2D eigenvalue weighted by Gasteiger charge is 2.16. The van der Waals surface area contributed by atoms with Gasteiger partial charge in [-0.1, -0.05) is 0 Å². The van der Waals surface area contributed by atoms with Gasteiger partial charge in [-0.3, -0.25) is 14.5 Å². The quantitative estimate of drug-likeness (QED) is 0.561. The van der Waals surface area contributed by atoms with Crippen LogP contribution >= 0.6 is 0 Å². The maximum Gasteiger partial charge on any atom is 0.319 e. The molecule has 74 valence electrons. The van der Waals surface area contributed by atoms with Crippen LogP contribution in [0.25, 0.3) is 0 Å². The van der Waals surface area contributed by atoms with Gasteiger partial charge in [-0.15, -0.1) is 0 Å². The highest BCUT2D eigenvalue weighted by Crippen LogP contribution is 1.96. The summed E-state index contributed by atoms with van der Waals surface area (Å²) in [5.74, 6) is -0.323. The van der Waals surface area contributed by atoms with Crippen LogP contribution in [0.5, 0.6) is 0 Å². The van der Waals surface area contributed by atoms with Crippen LogP contribution in [0.15, 0.2) is 0 Å². The summed E-state index contributed by atoms with van der Waals surface area (Å²) in [6.45, 7) is 1.93. The Bertz CT molecular complexity index is 206. The molecule has 0 unspecified atom stereocenters. The lowest BCUT2D eigenvalue weighted by atomic mass is 10.4. The summed E-state index contributed by atoms with van der Waals surface area (Å²) >= 11 is 0. The molecule has 1 amide bonds. The van der Waals surface area contributed by atoms with Crippen LogP contribution in [0, 0.1) is 0 Å². The number of hydrogen-bond donors (Lipinski definition) is 1. The van der Waals surface area contributed by atoms with Crippen molar-refractivity contribution in [3.8, 4) is 0 Å². The number of methoxy groups -OCH3 is 1. The minimum Gasteiger partial charge on any atom is -0.468 e. The topological polar surface area (TPSA) is 58.6 Å². The fraction of sp³-hybridized carbons (Fsp3) is 0.750. The van der Waals surface area contributed by atoms with Crippen molar-refractivity contribution in [3.63, 3.8) is 0 Å². The Labute approximate surface area is 77.0 Å². The Hall–Kier alpha value is -1.10. The molecule has 1 N–H and O–H groups in total. The molecule has 0 saturated carbocycles. The molecule has 5 nitrogen and oxygen atoms in total. The molecular weight excluding hydrogens is 172 g/mol. The first kappa shape index (κ1) is 9.98. The predicted octanol–water partition coefficient (Wildman–Crippen LogP) is -1.02. The maximum atomic E-state index is 11.1. The summed E-state index contributed by atoms with van der Waals surface area (Å²) in [6.07, 6.45) is 0.878. The lowest BCUT2D eigenvalue weighted by Crippen LogP contribution is -2.36. The highest BCUT2D eigenvalue weighted by atomic mass is 16.5. The van der Waals surface area contributed by atoms with Gasteiger partial charge in [0, 0.05) is 13.1 Å². The zero-order valence-corrected chi connectivity index (χ0v) is 7.71. The van der Waals surface area contributed by atoms with Crippen LogP contribution in [-0.2, 0) is 14.3 Å². The van der Waals surface area contributed by atoms with E-state index >= 15 is 0 Å². The van der Waals surface area contributed by atoms with E-state index < -0.39 is 0 Å². The van der Waals surface area contributed by atoms with E-state index in [1.165, 1.54) is 7.11 Å². The van der Waals surface area contributed by atoms with E-state index in [1.54, 1.807) is 4.90 Å². The summed E-state index contributed by atoms with van der Waals surface area (Å²) < 4.78 is 4.52. The number of rotatable bonds is 2. The molecule has 0 bridgehead atoms. The minimum absolute atomic E-state index is 0.0265. The van der Waals surface area contributed by atoms with Gasteiger partial charge in [-0.2, -0.15) is 0 Å². The van der Waals surface area contributed by atoms with E-state index in [9.17, 15) is 9.59 Å². The van der Waals surface area contributed by atoms with Crippen LogP contribution in [-0.4, -0.2) is 50.1 Å². The Kier molecular flexibility index (Phi) is 3.70. The summed E-state index contributed by atoms with van der Waals surface area (Å²) in [5, 5.41) is 2.73. The second-order valence-electron chi connectivity index (χ2n) is 2.99. The molecule has 0 radical (unpaired) electrons. The van der Waals surface area contributed by atoms with Crippen molar-refractivity contribution in [1.29, 1.82) is 0 Å². The molecule has 13 heavy (non-hydrogen) atoms. The van der Waals surface area contributed by atoms with Crippen molar-refractivity contribution in [2.75, 3.05) is 33.3 Å². The molecule has 1 fully saturated rings. The third-order valence-corrected chi connectivity index (χ3v) is 1.92. The van der Waals surface area contributed by atoms with Gasteiger partial charge in [0.15, 0.2) is 0 Å². The number of amides is 1. The highest BCUT2D eigenvalue weighted by molar-refractivity contribution is 5.79. The van der Waals surface area contributed by atoms with Gasteiger partial charge in [0.2, 0.25) is 5.91 Å². The first-order chi connectivity index (χ1) is 6.22. The van der Waals surface area contributed by atoms with Gasteiger partial charge in [-0.25, -0.2) is 0 Å². The molecule has 0 aliphatic carbocycles. The molecule has 1 saturated heterocycles. The Morgan fingerprint density at radius 1 is 1.69 bits per heavy atom. The first-order valence-corrected chi connectivity index (χ1v) is 4.28. The molecule has 0 aromatic rings. The van der Waals surface area contributed by atoms with Crippen molar-refractivity contribution in [3.05, 3.63) is 0 Å². The Morgan fingerprint density at radius 2 is 2.46 bits per heavy atom. The fourth-order valence-corrected chi connectivity index (χ4v) is 1.25. The van der Waals surface area contributed by atoms with Gasteiger partial charge in [0.25, 0.3) is 0 Å². The van der Waals surface area contributed by atoms with Crippen molar-refractivity contribution < 1.29 is 14.3 Å². The number of esters is 1. The molecule has 0 aromatic carbocycles. The lowest BCUT2D eigenvalue weighted by Gasteiger charge is -2.15. The van der Waals surface area contributed by atoms with Gasteiger partial charge in [0.05, 0.1) is 20.2 Å². The zero-order chi connectivity index (χ0) is 9.68. The average molecular weight is 186 g/mol. The monoisotopic (exact) mass is 186 g/mol. The normalized spacial score (nSPS) is 19.0. The molecular formula is C8H14N2O3. The van der Waals surface area contributed by atoms with E-state index in [2.05, 4.69) is 10.1 Å². The Balaban J connectivity index is 2.39. The molecule has 1 rings (SSSR count). The third-order valence-electron chi connectivity index (χ3n) is 1.92. The molecule has 5 heteroatoms. The van der Waals surface area contributed by atoms with Gasteiger partial charge in [-0.05, 0) is 6.42 Å².